The fourth-order valence-electron chi connectivity index (χ4n) is 3.10. The topological polar surface area (TPSA) is 42.2 Å². The van der Waals surface area contributed by atoms with E-state index < -0.39 is 5.82 Å². The molecule has 4 aromatic rings. The van der Waals surface area contributed by atoms with Gasteiger partial charge < -0.3 is 9.47 Å². The summed E-state index contributed by atoms with van der Waals surface area (Å²) in [6.07, 6.45) is 0. The molecule has 0 saturated heterocycles. The molecule has 0 unspecified atom stereocenters. The highest BCUT2D eigenvalue weighted by molar-refractivity contribution is 5.65. The molecule has 0 amide bonds. The molecule has 0 atom stereocenters. The van der Waals surface area contributed by atoms with E-state index >= 15 is 0 Å². The number of nitriles is 1. The number of ether oxygens (including phenoxy) is 2. The summed E-state index contributed by atoms with van der Waals surface area (Å²) in [4.78, 5) is 0. The van der Waals surface area contributed by atoms with Crippen LogP contribution in [-0.4, -0.2) is 6.79 Å². The van der Waals surface area contributed by atoms with Crippen LogP contribution in [0.15, 0.2) is 91.0 Å². The van der Waals surface area contributed by atoms with E-state index in [2.05, 4.69) is 6.07 Å². The Morgan fingerprint density at radius 2 is 1.19 bits per heavy atom. The van der Waals surface area contributed by atoms with Crippen molar-refractivity contribution in [2.75, 3.05) is 6.79 Å². The number of halogens is 2. The summed E-state index contributed by atoms with van der Waals surface area (Å²) < 4.78 is 38.5. The standard InChI is InChI=1S/C26H17F2NO2/c27-22-9-5-21(6-10-22)25-14-13-24(15-26(25)28)31-17-30-23-11-7-20(8-12-23)19-3-1-18(16-29)2-4-19/h1-15H,17H2. The first-order valence-corrected chi connectivity index (χ1v) is 9.54. The second kappa shape index (κ2) is 9.10. The number of hydrogen-bond donors (Lipinski definition) is 0. The first-order valence-electron chi connectivity index (χ1n) is 9.54. The molecule has 31 heavy (non-hydrogen) atoms. The van der Waals surface area contributed by atoms with Crippen LogP contribution < -0.4 is 9.47 Å². The molecule has 4 aromatic carbocycles. The van der Waals surface area contributed by atoms with Gasteiger partial charge in [-0.1, -0.05) is 36.4 Å². The Bertz CT molecular complexity index is 1210. The maximum absolute atomic E-state index is 14.4. The molecule has 0 saturated carbocycles. The number of benzene rings is 4. The van der Waals surface area contributed by atoms with Gasteiger partial charge in [0.2, 0.25) is 6.79 Å². The van der Waals surface area contributed by atoms with Crippen molar-refractivity contribution in [1.29, 1.82) is 5.26 Å². The molecule has 0 radical (unpaired) electrons. The monoisotopic (exact) mass is 413 g/mol. The minimum atomic E-state index is -0.462. The lowest BCUT2D eigenvalue weighted by atomic mass is 10.0. The molecule has 5 heteroatoms. The molecule has 0 bridgehead atoms. The number of rotatable bonds is 6. The van der Waals surface area contributed by atoms with Crippen LogP contribution in [0.3, 0.4) is 0 Å². The zero-order valence-corrected chi connectivity index (χ0v) is 16.4. The van der Waals surface area contributed by atoms with Crippen molar-refractivity contribution in [3.8, 4) is 39.8 Å². The third kappa shape index (κ3) is 4.88. The Morgan fingerprint density at radius 1 is 0.645 bits per heavy atom. The van der Waals surface area contributed by atoms with E-state index in [1.54, 1.807) is 24.3 Å². The van der Waals surface area contributed by atoms with Gasteiger partial charge in [0.15, 0.2) is 0 Å². The summed E-state index contributed by atoms with van der Waals surface area (Å²) in [5.41, 5.74) is 3.56. The number of nitrogens with zero attached hydrogens (tertiary/aromatic N) is 1. The fraction of sp³-hybridized carbons (Fsp3) is 0.0385. The van der Waals surface area contributed by atoms with Gasteiger partial charge >= 0.3 is 0 Å². The highest BCUT2D eigenvalue weighted by Gasteiger charge is 2.07. The molecule has 3 nitrogen and oxygen atoms in total. The van der Waals surface area contributed by atoms with E-state index in [0.29, 0.717) is 28.2 Å². The van der Waals surface area contributed by atoms with E-state index in [0.717, 1.165) is 11.1 Å². The van der Waals surface area contributed by atoms with Crippen LogP contribution >= 0.6 is 0 Å². The SMILES string of the molecule is N#Cc1ccc(-c2ccc(OCOc3ccc(-c4ccc(F)cc4)c(F)c3)cc2)cc1. The van der Waals surface area contributed by atoms with Gasteiger partial charge in [-0.25, -0.2) is 8.78 Å². The van der Waals surface area contributed by atoms with Crippen molar-refractivity contribution in [3.05, 3.63) is 108 Å². The summed E-state index contributed by atoms with van der Waals surface area (Å²) in [5.74, 6) is 0.112. The molecule has 0 fully saturated rings. The van der Waals surface area contributed by atoms with Crippen molar-refractivity contribution in [2.45, 2.75) is 0 Å². The van der Waals surface area contributed by atoms with Crippen LogP contribution in [0.1, 0.15) is 5.56 Å². The first-order chi connectivity index (χ1) is 15.1. The molecular formula is C26H17F2NO2. The van der Waals surface area contributed by atoms with E-state index in [-0.39, 0.29) is 12.6 Å². The molecule has 0 spiro atoms. The maximum atomic E-state index is 14.4. The number of hydrogen-bond acceptors (Lipinski definition) is 3. The maximum Gasteiger partial charge on any atom is 0.230 e. The molecule has 0 heterocycles. The predicted octanol–water partition coefficient (Wildman–Crippen LogP) is 6.59. The smallest absolute Gasteiger partial charge is 0.230 e. The van der Waals surface area contributed by atoms with Crippen LogP contribution in [0.2, 0.25) is 0 Å². The Balaban J connectivity index is 1.35. The molecule has 0 aliphatic carbocycles. The zero-order valence-electron chi connectivity index (χ0n) is 16.4. The summed E-state index contributed by atoms with van der Waals surface area (Å²) in [5, 5.41) is 8.88. The highest BCUT2D eigenvalue weighted by atomic mass is 19.1. The Hall–Kier alpha value is -4.17. The van der Waals surface area contributed by atoms with Crippen LogP contribution in [0.25, 0.3) is 22.3 Å². The van der Waals surface area contributed by atoms with Crippen molar-refractivity contribution in [1.82, 2.24) is 0 Å². The third-order valence-electron chi connectivity index (χ3n) is 4.75. The van der Waals surface area contributed by atoms with Gasteiger partial charge in [0.05, 0.1) is 11.6 Å². The minimum absolute atomic E-state index is 0.0778. The summed E-state index contributed by atoms with van der Waals surface area (Å²) >= 11 is 0. The second-order valence-corrected chi connectivity index (χ2v) is 6.77. The van der Waals surface area contributed by atoms with Gasteiger partial charge in [-0.05, 0) is 65.2 Å². The first kappa shape index (κ1) is 20.1. The minimum Gasteiger partial charge on any atom is -0.458 e. The van der Waals surface area contributed by atoms with E-state index in [1.165, 1.54) is 30.3 Å². The van der Waals surface area contributed by atoms with E-state index in [4.69, 9.17) is 14.7 Å². The van der Waals surface area contributed by atoms with E-state index in [9.17, 15) is 8.78 Å². The van der Waals surface area contributed by atoms with Gasteiger partial charge in [-0.15, -0.1) is 0 Å². The Morgan fingerprint density at radius 3 is 1.81 bits per heavy atom. The molecule has 4 rings (SSSR count). The molecule has 0 N–H and O–H groups in total. The van der Waals surface area contributed by atoms with Crippen molar-refractivity contribution in [2.24, 2.45) is 0 Å². The van der Waals surface area contributed by atoms with Gasteiger partial charge in [0.25, 0.3) is 0 Å². The molecule has 152 valence electrons. The third-order valence-corrected chi connectivity index (χ3v) is 4.75. The van der Waals surface area contributed by atoms with Crippen LogP contribution in [0.5, 0.6) is 11.5 Å². The average Bonchev–Trinajstić information content (AvgIpc) is 2.80. The quantitative estimate of drug-likeness (QED) is 0.335. The lowest BCUT2D eigenvalue weighted by molar-refractivity contribution is 0.119. The highest BCUT2D eigenvalue weighted by Crippen LogP contribution is 2.27. The lowest BCUT2D eigenvalue weighted by Gasteiger charge is -2.11. The van der Waals surface area contributed by atoms with Crippen molar-refractivity contribution in [3.63, 3.8) is 0 Å². The van der Waals surface area contributed by atoms with Crippen molar-refractivity contribution >= 4 is 0 Å². The molecular weight excluding hydrogens is 396 g/mol. The summed E-state index contributed by atoms with van der Waals surface area (Å²) in [7, 11) is 0. The van der Waals surface area contributed by atoms with Crippen molar-refractivity contribution < 1.29 is 18.3 Å². The summed E-state index contributed by atoms with van der Waals surface area (Å²) in [6, 6.07) is 27.0. The largest absolute Gasteiger partial charge is 0.458 e. The average molecular weight is 413 g/mol. The molecule has 0 aliphatic heterocycles. The fourth-order valence-corrected chi connectivity index (χ4v) is 3.10. The lowest BCUT2D eigenvalue weighted by Crippen LogP contribution is -2.05. The van der Waals surface area contributed by atoms with Crippen LogP contribution in [-0.2, 0) is 0 Å². The summed E-state index contributed by atoms with van der Waals surface area (Å²) in [6.45, 7) is -0.0778. The zero-order chi connectivity index (χ0) is 21.6. The predicted molar refractivity (Wildman–Crippen MR) is 115 cm³/mol. The molecule has 0 aromatic heterocycles. The van der Waals surface area contributed by atoms with E-state index in [1.807, 2.05) is 36.4 Å². The molecule has 0 aliphatic rings. The van der Waals surface area contributed by atoms with Crippen LogP contribution in [0.4, 0.5) is 8.78 Å². The van der Waals surface area contributed by atoms with Gasteiger partial charge in [-0.2, -0.15) is 5.26 Å². The Labute approximate surface area is 178 Å². The van der Waals surface area contributed by atoms with Crippen LogP contribution in [0, 0.1) is 23.0 Å². The normalized spacial score (nSPS) is 10.4. The van der Waals surface area contributed by atoms with Gasteiger partial charge in [-0.3, -0.25) is 0 Å². The second-order valence-electron chi connectivity index (χ2n) is 6.77. The Kier molecular flexibility index (Phi) is 5.91. The van der Waals surface area contributed by atoms with Gasteiger partial charge in [0.1, 0.15) is 23.1 Å². The van der Waals surface area contributed by atoms with Gasteiger partial charge in [0, 0.05) is 11.6 Å².